The van der Waals surface area contributed by atoms with Gasteiger partial charge in [0, 0.05) is 5.92 Å². The van der Waals surface area contributed by atoms with Crippen molar-refractivity contribution in [3.05, 3.63) is 0 Å². The summed E-state index contributed by atoms with van der Waals surface area (Å²) in [7, 11) is 0. The van der Waals surface area contributed by atoms with E-state index in [1.54, 1.807) is 0 Å². The highest BCUT2D eigenvalue weighted by molar-refractivity contribution is 4.59. The lowest BCUT2D eigenvalue weighted by molar-refractivity contribution is -0.909. The van der Waals surface area contributed by atoms with Gasteiger partial charge in [0.1, 0.15) is 0 Å². The fourth-order valence-corrected chi connectivity index (χ4v) is 3.34. The molecular formula is C17H36ClN. The van der Waals surface area contributed by atoms with Gasteiger partial charge in [0.25, 0.3) is 0 Å². The first-order valence-electron chi connectivity index (χ1n) is 8.70. The Hall–Kier alpha value is 0.250. The lowest BCUT2D eigenvalue weighted by Gasteiger charge is -2.29. The number of piperidine rings is 1. The summed E-state index contributed by atoms with van der Waals surface area (Å²) in [5.41, 5.74) is 0. The highest BCUT2D eigenvalue weighted by Crippen LogP contribution is 2.11. The van der Waals surface area contributed by atoms with Crippen molar-refractivity contribution in [1.82, 2.24) is 0 Å². The summed E-state index contributed by atoms with van der Waals surface area (Å²) < 4.78 is 0. The predicted octanol–water partition coefficient (Wildman–Crippen LogP) is 0.836. The Labute approximate surface area is 127 Å². The second kappa shape index (κ2) is 13.2. The van der Waals surface area contributed by atoms with Gasteiger partial charge in [-0.25, -0.2) is 0 Å². The van der Waals surface area contributed by atoms with Gasteiger partial charge in [-0.15, -0.1) is 0 Å². The Kier molecular flexibility index (Phi) is 13.4. The topological polar surface area (TPSA) is 4.44 Å². The van der Waals surface area contributed by atoms with E-state index in [-0.39, 0.29) is 12.4 Å². The maximum absolute atomic E-state index is 2.36. The molecule has 2 heteroatoms. The molecule has 0 aliphatic carbocycles. The van der Waals surface area contributed by atoms with Crippen molar-refractivity contribution in [2.24, 2.45) is 5.92 Å². The molecule has 19 heavy (non-hydrogen) atoms. The van der Waals surface area contributed by atoms with Gasteiger partial charge in [-0.05, 0) is 32.1 Å². The molecule has 1 aliphatic heterocycles. The van der Waals surface area contributed by atoms with Crippen molar-refractivity contribution in [3.8, 4) is 0 Å². The van der Waals surface area contributed by atoms with E-state index < -0.39 is 0 Å². The van der Waals surface area contributed by atoms with E-state index in [1.165, 1.54) is 90.3 Å². The van der Waals surface area contributed by atoms with E-state index in [9.17, 15) is 0 Å². The second-order valence-electron chi connectivity index (χ2n) is 6.35. The van der Waals surface area contributed by atoms with Gasteiger partial charge < -0.3 is 17.3 Å². The van der Waals surface area contributed by atoms with Crippen LogP contribution in [-0.2, 0) is 0 Å². The molecule has 0 spiro atoms. The summed E-state index contributed by atoms with van der Waals surface area (Å²) in [5.74, 6) is 1.03. The highest BCUT2D eigenvalue weighted by atomic mass is 35.5. The molecule has 1 nitrogen and oxygen atoms in total. The smallest absolute Gasteiger partial charge is 0.0799 e. The van der Waals surface area contributed by atoms with Crippen molar-refractivity contribution in [2.45, 2.75) is 84.5 Å². The van der Waals surface area contributed by atoms with Crippen LogP contribution in [0.1, 0.15) is 84.5 Å². The number of hydrogen-bond acceptors (Lipinski definition) is 0. The van der Waals surface area contributed by atoms with Crippen LogP contribution >= 0.6 is 0 Å². The van der Waals surface area contributed by atoms with Gasteiger partial charge in [0.15, 0.2) is 0 Å². The van der Waals surface area contributed by atoms with Crippen molar-refractivity contribution in [2.75, 3.05) is 19.6 Å². The Morgan fingerprint density at radius 3 is 2.16 bits per heavy atom. The normalized spacial score (nSPS) is 23.1. The molecule has 0 saturated carbocycles. The Bertz CT molecular complexity index is 184. The number of nitrogens with one attached hydrogen (secondary N) is 1. The molecule has 0 bridgehead atoms. The molecule has 1 heterocycles. The number of unbranched alkanes of at least 4 members (excludes halogenated alkanes) is 7. The lowest BCUT2D eigenvalue weighted by atomic mass is 9.95. The van der Waals surface area contributed by atoms with Crippen LogP contribution in [0.5, 0.6) is 0 Å². The first-order valence-corrected chi connectivity index (χ1v) is 8.70. The number of rotatable bonds is 10. The molecule has 116 valence electrons. The maximum atomic E-state index is 2.36. The standard InChI is InChI=1S/C17H35N.ClH/c1-3-5-6-7-8-9-10-11-14-18-15-12-13-17(4-2)16-18;/h17H,3-16H2,1-2H3;1H. The Morgan fingerprint density at radius 1 is 0.895 bits per heavy atom. The van der Waals surface area contributed by atoms with E-state index in [1.807, 2.05) is 4.90 Å². The largest absolute Gasteiger partial charge is 1.00 e. The summed E-state index contributed by atoms with van der Waals surface area (Å²) in [6, 6.07) is 0. The van der Waals surface area contributed by atoms with Gasteiger partial charge in [0.2, 0.25) is 0 Å². The quantitative estimate of drug-likeness (QED) is 0.569. The Morgan fingerprint density at radius 2 is 1.53 bits per heavy atom. The SMILES string of the molecule is CCCCCCCCCC[NH+]1CCCC(CC)C1.[Cl-]. The molecule has 1 aliphatic rings. The molecule has 0 radical (unpaired) electrons. The van der Waals surface area contributed by atoms with Crippen molar-refractivity contribution in [3.63, 3.8) is 0 Å². The van der Waals surface area contributed by atoms with E-state index >= 15 is 0 Å². The van der Waals surface area contributed by atoms with Gasteiger partial charge in [0.05, 0.1) is 19.6 Å². The molecule has 1 N–H and O–H groups in total. The van der Waals surface area contributed by atoms with Crippen LogP contribution in [0.25, 0.3) is 0 Å². The second-order valence-corrected chi connectivity index (χ2v) is 6.35. The molecule has 2 atom stereocenters. The third-order valence-corrected chi connectivity index (χ3v) is 4.68. The summed E-state index contributed by atoms with van der Waals surface area (Å²) in [4.78, 5) is 1.90. The lowest BCUT2D eigenvalue weighted by Crippen LogP contribution is -3.13. The average molecular weight is 290 g/mol. The van der Waals surface area contributed by atoms with Gasteiger partial charge in [-0.3, -0.25) is 0 Å². The van der Waals surface area contributed by atoms with Crippen LogP contribution in [0.15, 0.2) is 0 Å². The third-order valence-electron chi connectivity index (χ3n) is 4.68. The van der Waals surface area contributed by atoms with E-state index in [0.717, 1.165) is 5.92 Å². The summed E-state index contributed by atoms with van der Waals surface area (Å²) >= 11 is 0. The van der Waals surface area contributed by atoms with Crippen LogP contribution in [0, 0.1) is 5.92 Å². The first kappa shape index (κ1) is 19.2. The number of quaternary nitrogens is 1. The zero-order chi connectivity index (χ0) is 13.1. The summed E-state index contributed by atoms with van der Waals surface area (Å²) in [6.45, 7) is 9.03. The van der Waals surface area contributed by atoms with Crippen molar-refractivity contribution < 1.29 is 17.3 Å². The van der Waals surface area contributed by atoms with Crippen molar-refractivity contribution >= 4 is 0 Å². The van der Waals surface area contributed by atoms with Crippen LogP contribution in [-0.4, -0.2) is 19.6 Å². The van der Waals surface area contributed by atoms with E-state index in [0.29, 0.717) is 0 Å². The molecule has 1 fully saturated rings. The predicted molar refractivity (Wildman–Crippen MR) is 81.2 cm³/mol. The monoisotopic (exact) mass is 289 g/mol. The molecule has 0 aromatic rings. The van der Waals surface area contributed by atoms with Crippen LogP contribution in [0.3, 0.4) is 0 Å². The molecule has 0 amide bonds. The van der Waals surface area contributed by atoms with Gasteiger partial charge in [-0.1, -0.05) is 52.4 Å². The minimum Gasteiger partial charge on any atom is -1.00 e. The third kappa shape index (κ3) is 9.73. The number of hydrogen-bond donors (Lipinski definition) is 1. The molecule has 1 saturated heterocycles. The highest BCUT2D eigenvalue weighted by Gasteiger charge is 2.20. The van der Waals surface area contributed by atoms with Crippen LogP contribution in [0.4, 0.5) is 0 Å². The van der Waals surface area contributed by atoms with Gasteiger partial charge >= 0.3 is 0 Å². The molecule has 1 rings (SSSR count). The fraction of sp³-hybridized carbons (Fsp3) is 1.00. The maximum Gasteiger partial charge on any atom is 0.0799 e. The molecule has 0 aromatic carbocycles. The number of halogens is 1. The summed E-state index contributed by atoms with van der Waals surface area (Å²) in [5, 5.41) is 0. The van der Waals surface area contributed by atoms with Crippen LogP contribution in [0.2, 0.25) is 0 Å². The zero-order valence-corrected chi connectivity index (χ0v) is 14.1. The minimum atomic E-state index is 0. The van der Waals surface area contributed by atoms with Crippen LogP contribution < -0.4 is 17.3 Å². The molecule has 2 unspecified atom stereocenters. The molecular weight excluding hydrogens is 254 g/mol. The minimum absolute atomic E-state index is 0. The fourth-order valence-electron chi connectivity index (χ4n) is 3.34. The average Bonchev–Trinajstić information content (AvgIpc) is 2.42. The van der Waals surface area contributed by atoms with Gasteiger partial charge in [-0.2, -0.15) is 0 Å². The van der Waals surface area contributed by atoms with E-state index in [4.69, 9.17) is 0 Å². The number of likely N-dealkylation sites (tertiary alicyclic amines) is 1. The first-order chi connectivity index (χ1) is 8.86. The summed E-state index contributed by atoms with van der Waals surface area (Å²) in [6.07, 6.45) is 16.0. The zero-order valence-electron chi connectivity index (χ0n) is 13.4. The Balaban J connectivity index is 0.00000324. The van der Waals surface area contributed by atoms with Crippen molar-refractivity contribution in [1.29, 1.82) is 0 Å². The molecule has 0 aromatic heterocycles. The van der Waals surface area contributed by atoms with E-state index in [2.05, 4.69) is 13.8 Å².